The van der Waals surface area contributed by atoms with Gasteiger partial charge in [0.25, 0.3) is 0 Å². The van der Waals surface area contributed by atoms with Gasteiger partial charge in [0.15, 0.2) is 0 Å². The maximum absolute atomic E-state index is 9.62. The first-order chi connectivity index (χ1) is 12.4. The zero-order valence-electron chi connectivity index (χ0n) is 14.2. The molecule has 0 amide bonds. The predicted molar refractivity (Wildman–Crippen MR) is 113 cm³/mol. The lowest BCUT2D eigenvalue weighted by Crippen LogP contribution is -1.99. The van der Waals surface area contributed by atoms with E-state index in [0.29, 0.717) is 15.6 Å². The van der Waals surface area contributed by atoms with E-state index in [-0.39, 0.29) is 0 Å². The lowest BCUT2D eigenvalue weighted by atomic mass is 10.0. The molecule has 3 aromatic rings. The molecule has 0 aliphatic rings. The molecule has 0 bridgehead atoms. The van der Waals surface area contributed by atoms with Gasteiger partial charge in [0.05, 0.1) is 27.4 Å². The maximum Gasteiger partial charge on any atom is 0.0998 e. The van der Waals surface area contributed by atoms with Gasteiger partial charge in [-0.05, 0) is 77.3 Å². The molecule has 5 heteroatoms. The molecule has 130 valence electrons. The number of nitrogens with zero attached hydrogens (tertiary/aromatic N) is 2. The van der Waals surface area contributed by atoms with Crippen molar-refractivity contribution in [3.63, 3.8) is 0 Å². The van der Waals surface area contributed by atoms with Gasteiger partial charge in [-0.3, -0.25) is 0 Å². The Bertz CT molecular complexity index is 1060. The van der Waals surface area contributed by atoms with Crippen LogP contribution in [0.5, 0.6) is 0 Å². The molecule has 0 aliphatic heterocycles. The fraction of sp³-hybridized carbons (Fsp3) is 0.0952. The van der Waals surface area contributed by atoms with Crippen LogP contribution in [0.15, 0.2) is 53.0 Å². The van der Waals surface area contributed by atoms with Crippen LogP contribution >= 0.6 is 39.1 Å². The second-order valence-corrected chi connectivity index (χ2v) is 7.58. The van der Waals surface area contributed by atoms with Crippen molar-refractivity contribution in [2.24, 2.45) is 0 Å². The normalized spacial score (nSPS) is 11.5. The average Bonchev–Trinajstić information content (AvgIpc) is 2.89. The molecule has 0 radical (unpaired) electrons. The largest absolute Gasteiger partial charge is 0.317 e. The van der Waals surface area contributed by atoms with Crippen molar-refractivity contribution in [1.29, 1.82) is 5.26 Å². The van der Waals surface area contributed by atoms with Crippen LogP contribution in [-0.4, -0.2) is 4.57 Å². The van der Waals surface area contributed by atoms with Crippen molar-refractivity contribution in [2.45, 2.75) is 13.8 Å². The average molecular weight is 446 g/mol. The summed E-state index contributed by atoms with van der Waals surface area (Å²) in [5.74, 6) is 0. The Hall–Kier alpha value is -1.99. The Labute approximate surface area is 171 Å². The van der Waals surface area contributed by atoms with E-state index in [1.807, 2.05) is 31.2 Å². The molecule has 2 nitrogen and oxygen atoms in total. The molecule has 0 atom stereocenters. The van der Waals surface area contributed by atoms with Gasteiger partial charge in [0, 0.05) is 15.9 Å². The molecule has 0 aliphatic carbocycles. The van der Waals surface area contributed by atoms with E-state index in [1.54, 1.807) is 18.2 Å². The zero-order chi connectivity index (χ0) is 18.8. The van der Waals surface area contributed by atoms with Crippen molar-refractivity contribution < 1.29 is 0 Å². The van der Waals surface area contributed by atoms with Crippen molar-refractivity contribution in [3.8, 4) is 11.8 Å². The SMILES string of the molecule is Cc1cc(/C=C(/C#N)c2ccc(Cl)c(Cl)c2)c(C)n1-c1ccccc1Br. The highest BCUT2D eigenvalue weighted by molar-refractivity contribution is 9.10. The van der Waals surface area contributed by atoms with Crippen LogP contribution in [0.25, 0.3) is 17.3 Å². The van der Waals surface area contributed by atoms with Crippen LogP contribution < -0.4 is 0 Å². The van der Waals surface area contributed by atoms with Crippen molar-refractivity contribution >= 4 is 50.8 Å². The van der Waals surface area contributed by atoms with Crippen molar-refractivity contribution in [2.75, 3.05) is 0 Å². The molecule has 26 heavy (non-hydrogen) atoms. The van der Waals surface area contributed by atoms with Gasteiger partial charge in [-0.25, -0.2) is 0 Å². The number of hydrogen-bond acceptors (Lipinski definition) is 1. The van der Waals surface area contributed by atoms with Crippen LogP contribution in [0.1, 0.15) is 22.5 Å². The minimum Gasteiger partial charge on any atom is -0.317 e. The van der Waals surface area contributed by atoms with E-state index in [1.165, 1.54) is 0 Å². The number of aryl methyl sites for hydroxylation is 1. The predicted octanol–water partition coefficient (Wildman–Crippen LogP) is 7.23. The standard InChI is InChI=1S/C21H15BrCl2N2/c1-13-9-16(14(2)26(13)21-6-4-3-5-18(21)22)10-17(12-25)15-7-8-19(23)20(24)11-15/h3-11H,1-2H3/b17-10-. The number of hydrogen-bond donors (Lipinski definition) is 0. The number of benzene rings is 2. The topological polar surface area (TPSA) is 28.7 Å². The van der Waals surface area contributed by atoms with Crippen molar-refractivity contribution in [3.05, 3.63) is 85.6 Å². The molecular formula is C21H15BrCl2N2. The van der Waals surface area contributed by atoms with E-state index >= 15 is 0 Å². The quantitative estimate of drug-likeness (QED) is 0.391. The molecule has 0 unspecified atom stereocenters. The lowest BCUT2D eigenvalue weighted by molar-refractivity contribution is 0.959. The third kappa shape index (κ3) is 3.59. The Kier molecular flexibility index (Phi) is 5.58. The zero-order valence-corrected chi connectivity index (χ0v) is 17.3. The number of para-hydroxylation sites is 1. The molecule has 0 spiro atoms. The second kappa shape index (κ2) is 7.72. The van der Waals surface area contributed by atoms with Gasteiger partial charge in [-0.15, -0.1) is 0 Å². The Morgan fingerprint density at radius 1 is 1.08 bits per heavy atom. The third-order valence-corrected chi connectivity index (χ3v) is 5.62. The monoisotopic (exact) mass is 444 g/mol. The smallest absolute Gasteiger partial charge is 0.0998 e. The highest BCUT2D eigenvalue weighted by Gasteiger charge is 2.13. The molecule has 2 aromatic carbocycles. The summed E-state index contributed by atoms with van der Waals surface area (Å²) in [5, 5.41) is 10.5. The summed E-state index contributed by atoms with van der Waals surface area (Å²) >= 11 is 15.7. The summed E-state index contributed by atoms with van der Waals surface area (Å²) in [4.78, 5) is 0. The number of allylic oxidation sites excluding steroid dienone is 1. The molecule has 0 N–H and O–H groups in total. The Balaban J connectivity index is 2.11. The maximum atomic E-state index is 9.62. The summed E-state index contributed by atoms with van der Waals surface area (Å²) in [5.41, 5.74) is 5.48. The first-order valence-corrected chi connectivity index (χ1v) is 9.48. The highest BCUT2D eigenvalue weighted by atomic mass is 79.9. The van der Waals surface area contributed by atoms with Gasteiger partial charge in [-0.2, -0.15) is 5.26 Å². The van der Waals surface area contributed by atoms with E-state index in [4.69, 9.17) is 23.2 Å². The molecule has 3 rings (SSSR count). The van der Waals surface area contributed by atoms with Crippen LogP contribution in [0, 0.1) is 25.2 Å². The third-order valence-electron chi connectivity index (χ3n) is 4.21. The molecule has 1 aromatic heterocycles. The van der Waals surface area contributed by atoms with Gasteiger partial charge in [0.1, 0.15) is 0 Å². The van der Waals surface area contributed by atoms with Crippen molar-refractivity contribution in [1.82, 2.24) is 4.57 Å². The van der Waals surface area contributed by atoms with E-state index in [9.17, 15) is 5.26 Å². The van der Waals surface area contributed by atoms with Crippen LogP contribution in [0.3, 0.4) is 0 Å². The summed E-state index contributed by atoms with van der Waals surface area (Å²) in [6.45, 7) is 4.09. The summed E-state index contributed by atoms with van der Waals surface area (Å²) in [7, 11) is 0. The minimum atomic E-state index is 0.434. The summed E-state index contributed by atoms with van der Waals surface area (Å²) in [6, 6.07) is 17.6. The second-order valence-electron chi connectivity index (χ2n) is 5.91. The van der Waals surface area contributed by atoms with Crippen LogP contribution in [-0.2, 0) is 0 Å². The van der Waals surface area contributed by atoms with Crippen LogP contribution in [0.2, 0.25) is 10.0 Å². The molecule has 0 saturated heterocycles. The number of halogens is 3. The highest BCUT2D eigenvalue weighted by Crippen LogP contribution is 2.30. The Morgan fingerprint density at radius 3 is 2.46 bits per heavy atom. The van der Waals surface area contributed by atoms with Crippen LogP contribution in [0.4, 0.5) is 0 Å². The summed E-state index contributed by atoms with van der Waals surface area (Å²) < 4.78 is 3.18. The van der Waals surface area contributed by atoms with Gasteiger partial charge >= 0.3 is 0 Å². The Morgan fingerprint density at radius 2 is 1.81 bits per heavy atom. The van der Waals surface area contributed by atoms with Gasteiger partial charge in [0.2, 0.25) is 0 Å². The fourth-order valence-electron chi connectivity index (χ4n) is 2.94. The fourth-order valence-corrected chi connectivity index (χ4v) is 3.70. The summed E-state index contributed by atoms with van der Waals surface area (Å²) in [6.07, 6.45) is 1.88. The number of nitriles is 1. The molecule has 0 fully saturated rings. The first kappa shape index (κ1) is 18.8. The molecule has 0 saturated carbocycles. The number of aromatic nitrogens is 1. The van der Waals surface area contributed by atoms with Gasteiger partial charge in [-0.1, -0.05) is 41.4 Å². The minimum absolute atomic E-state index is 0.434. The molecule has 1 heterocycles. The molecular weight excluding hydrogens is 431 g/mol. The van der Waals surface area contributed by atoms with Gasteiger partial charge < -0.3 is 4.57 Å². The first-order valence-electron chi connectivity index (χ1n) is 7.93. The lowest BCUT2D eigenvalue weighted by Gasteiger charge is -2.11. The van der Waals surface area contributed by atoms with E-state index in [0.717, 1.165) is 32.7 Å². The number of rotatable bonds is 3. The van der Waals surface area contributed by atoms with E-state index < -0.39 is 0 Å². The van der Waals surface area contributed by atoms with E-state index in [2.05, 4.69) is 45.6 Å².